The van der Waals surface area contributed by atoms with Crippen LogP contribution in [0.5, 0.6) is 0 Å². The Morgan fingerprint density at radius 2 is 2.00 bits per heavy atom. The Morgan fingerprint density at radius 3 is 2.65 bits per heavy atom. The van der Waals surface area contributed by atoms with Crippen LogP contribution in [0.3, 0.4) is 0 Å². The molecule has 1 heterocycles. The van der Waals surface area contributed by atoms with Crippen molar-refractivity contribution in [2.75, 3.05) is 31.9 Å². The van der Waals surface area contributed by atoms with Crippen molar-refractivity contribution in [2.24, 2.45) is 0 Å². The number of nitrogen functional groups attached to an aromatic ring is 1. The van der Waals surface area contributed by atoms with E-state index in [1.54, 1.807) is 18.2 Å². The number of benzene rings is 1. The van der Waals surface area contributed by atoms with E-state index >= 15 is 0 Å². The van der Waals surface area contributed by atoms with Crippen LogP contribution >= 0.6 is 0 Å². The predicted molar refractivity (Wildman–Crippen MR) is 81.1 cm³/mol. The summed E-state index contributed by atoms with van der Waals surface area (Å²) in [5.41, 5.74) is 7.09. The molecule has 1 aliphatic rings. The Labute approximate surface area is 121 Å². The van der Waals surface area contributed by atoms with E-state index in [9.17, 15) is 8.42 Å². The van der Waals surface area contributed by atoms with Crippen LogP contribution in [0.15, 0.2) is 23.1 Å². The minimum absolute atomic E-state index is 0.283. The van der Waals surface area contributed by atoms with Crippen LogP contribution in [0.4, 0.5) is 5.69 Å². The second-order valence-electron chi connectivity index (χ2n) is 5.32. The lowest BCUT2D eigenvalue weighted by molar-refractivity contribution is 0.334. The first-order valence-electron chi connectivity index (χ1n) is 7.07. The quantitative estimate of drug-likeness (QED) is 0.614. The van der Waals surface area contributed by atoms with Crippen molar-refractivity contribution in [3.63, 3.8) is 0 Å². The van der Waals surface area contributed by atoms with E-state index in [1.807, 2.05) is 6.92 Å². The number of nitrogens with two attached hydrogens (primary N) is 1. The van der Waals surface area contributed by atoms with Crippen molar-refractivity contribution < 1.29 is 8.42 Å². The van der Waals surface area contributed by atoms with Crippen molar-refractivity contribution in [3.8, 4) is 0 Å². The average Bonchev–Trinajstić information content (AvgIpc) is 2.91. The summed E-state index contributed by atoms with van der Waals surface area (Å²) in [5, 5.41) is 0. The van der Waals surface area contributed by atoms with E-state index in [1.165, 1.54) is 12.8 Å². The van der Waals surface area contributed by atoms with Gasteiger partial charge in [0.15, 0.2) is 0 Å². The highest BCUT2D eigenvalue weighted by Gasteiger charge is 2.15. The summed E-state index contributed by atoms with van der Waals surface area (Å²) in [6.45, 7) is 5.53. The van der Waals surface area contributed by atoms with E-state index in [-0.39, 0.29) is 4.90 Å². The van der Waals surface area contributed by atoms with Crippen LogP contribution in [0.2, 0.25) is 0 Å². The van der Waals surface area contributed by atoms with Crippen LogP contribution < -0.4 is 10.5 Å². The smallest absolute Gasteiger partial charge is 0.240 e. The highest BCUT2D eigenvalue weighted by Crippen LogP contribution is 2.16. The third kappa shape index (κ3) is 3.94. The monoisotopic (exact) mass is 297 g/mol. The molecule has 2 rings (SSSR count). The normalized spacial score (nSPS) is 16.6. The van der Waals surface area contributed by atoms with Crippen molar-refractivity contribution in [3.05, 3.63) is 23.8 Å². The highest BCUT2D eigenvalue weighted by molar-refractivity contribution is 7.89. The van der Waals surface area contributed by atoms with Gasteiger partial charge in [0.05, 0.1) is 4.90 Å². The molecule has 20 heavy (non-hydrogen) atoms. The maximum Gasteiger partial charge on any atom is 0.240 e. The lowest BCUT2D eigenvalue weighted by atomic mass is 10.2. The van der Waals surface area contributed by atoms with Crippen LogP contribution in [-0.4, -0.2) is 39.5 Å². The largest absolute Gasteiger partial charge is 0.399 e. The molecular formula is C14H23N3O2S. The molecule has 0 aliphatic carbocycles. The summed E-state index contributed by atoms with van der Waals surface area (Å²) in [4.78, 5) is 2.66. The molecule has 0 aromatic heterocycles. The minimum atomic E-state index is -3.42. The summed E-state index contributed by atoms with van der Waals surface area (Å²) in [6, 6.07) is 4.79. The molecule has 0 radical (unpaired) electrons. The van der Waals surface area contributed by atoms with Gasteiger partial charge in [-0.25, -0.2) is 13.1 Å². The highest BCUT2D eigenvalue weighted by atomic mass is 32.2. The van der Waals surface area contributed by atoms with Gasteiger partial charge in [-0.3, -0.25) is 0 Å². The standard InChI is InChI=1S/C14H23N3O2S/c1-12-11-13(5-6-14(12)15)20(18,19)16-7-4-10-17-8-2-3-9-17/h5-6,11,16H,2-4,7-10,15H2,1H3. The van der Waals surface area contributed by atoms with Gasteiger partial charge in [-0.1, -0.05) is 0 Å². The molecule has 1 aliphatic heterocycles. The number of nitrogens with zero attached hydrogens (tertiary/aromatic N) is 1. The first-order valence-corrected chi connectivity index (χ1v) is 8.55. The van der Waals surface area contributed by atoms with Gasteiger partial charge >= 0.3 is 0 Å². The van der Waals surface area contributed by atoms with Gasteiger partial charge in [0.1, 0.15) is 0 Å². The number of hydrogen-bond acceptors (Lipinski definition) is 4. The number of sulfonamides is 1. The fourth-order valence-electron chi connectivity index (χ4n) is 2.41. The topological polar surface area (TPSA) is 75.4 Å². The molecule has 1 saturated heterocycles. The van der Waals surface area contributed by atoms with Gasteiger partial charge in [-0.15, -0.1) is 0 Å². The van der Waals surface area contributed by atoms with E-state index in [4.69, 9.17) is 5.73 Å². The van der Waals surface area contributed by atoms with E-state index in [0.29, 0.717) is 12.2 Å². The maximum absolute atomic E-state index is 12.1. The van der Waals surface area contributed by atoms with Crippen LogP contribution in [0.1, 0.15) is 24.8 Å². The first-order chi connectivity index (χ1) is 9.49. The fourth-order valence-corrected chi connectivity index (χ4v) is 3.57. The zero-order valence-electron chi connectivity index (χ0n) is 11.9. The van der Waals surface area contributed by atoms with Crippen molar-refractivity contribution in [2.45, 2.75) is 31.1 Å². The van der Waals surface area contributed by atoms with Gasteiger partial charge in [0, 0.05) is 12.2 Å². The van der Waals surface area contributed by atoms with Crippen molar-refractivity contribution in [1.82, 2.24) is 9.62 Å². The molecule has 0 saturated carbocycles. The molecule has 1 aromatic carbocycles. The Kier molecular flexibility index (Phi) is 5.01. The number of rotatable bonds is 6. The van der Waals surface area contributed by atoms with E-state index in [0.717, 1.165) is 31.6 Å². The number of likely N-dealkylation sites (tertiary alicyclic amines) is 1. The second kappa shape index (κ2) is 6.56. The SMILES string of the molecule is Cc1cc(S(=O)(=O)NCCCN2CCCC2)ccc1N. The molecular weight excluding hydrogens is 274 g/mol. The molecule has 0 unspecified atom stereocenters. The summed E-state index contributed by atoms with van der Waals surface area (Å²) in [6.07, 6.45) is 3.36. The average molecular weight is 297 g/mol. The van der Waals surface area contributed by atoms with Crippen molar-refractivity contribution in [1.29, 1.82) is 0 Å². The third-order valence-corrected chi connectivity index (χ3v) is 5.15. The molecule has 1 fully saturated rings. The van der Waals surface area contributed by atoms with Gasteiger partial charge in [-0.2, -0.15) is 0 Å². The molecule has 0 bridgehead atoms. The summed E-state index contributed by atoms with van der Waals surface area (Å²) >= 11 is 0. The predicted octanol–water partition coefficient (Wildman–Crippen LogP) is 1.34. The fraction of sp³-hybridized carbons (Fsp3) is 0.571. The van der Waals surface area contributed by atoms with Crippen LogP contribution in [0.25, 0.3) is 0 Å². The number of aryl methyl sites for hydroxylation is 1. The lowest BCUT2D eigenvalue weighted by Gasteiger charge is -2.14. The first kappa shape index (κ1) is 15.3. The molecule has 3 N–H and O–H groups in total. The maximum atomic E-state index is 12.1. The van der Waals surface area contributed by atoms with E-state index < -0.39 is 10.0 Å². The van der Waals surface area contributed by atoms with Crippen LogP contribution in [-0.2, 0) is 10.0 Å². The molecule has 5 nitrogen and oxygen atoms in total. The molecule has 1 aromatic rings. The molecule has 6 heteroatoms. The van der Waals surface area contributed by atoms with Crippen LogP contribution in [0, 0.1) is 6.92 Å². The van der Waals surface area contributed by atoms with Gasteiger partial charge < -0.3 is 10.6 Å². The molecule has 112 valence electrons. The Morgan fingerprint density at radius 1 is 1.30 bits per heavy atom. The molecule has 0 atom stereocenters. The van der Waals surface area contributed by atoms with Crippen molar-refractivity contribution >= 4 is 15.7 Å². The lowest BCUT2D eigenvalue weighted by Crippen LogP contribution is -2.28. The second-order valence-corrected chi connectivity index (χ2v) is 7.09. The number of nitrogens with one attached hydrogen (secondary N) is 1. The Hall–Kier alpha value is -1.11. The molecule has 0 spiro atoms. The minimum Gasteiger partial charge on any atom is -0.399 e. The zero-order chi connectivity index (χ0) is 14.6. The molecule has 0 amide bonds. The summed E-state index contributed by atoms with van der Waals surface area (Å²) < 4.78 is 26.9. The zero-order valence-corrected chi connectivity index (χ0v) is 12.7. The Balaban J connectivity index is 1.85. The van der Waals surface area contributed by atoms with Gasteiger partial charge in [0.2, 0.25) is 10.0 Å². The Bertz CT molecular complexity index is 552. The third-order valence-electron chi connectivity index (χ3n) is 3.69. The van der Waals surface area contributed by atoms with Gasteiger partial charge in [0.25, 0.3) is 0 Å². The number of anilines is 1. The number of hydrogen-bond donors (Lipinski definition) is 2. The summed E-state index contributed by atoms with van der Waals surface area (Å²) in [7, 11) is -3.42. The summed E-state index contributed by atoms with van der Waals surface area (Å²) in [5.74, 6) is 0. The van der Waals surface area contributed by atoms with E-state index in [2.05, 4.69) is 9.62 Å². The van der Waals surface area contributed by atoms with Gasteiger partial charge in [-0.05, 0) is 69.6 Å².